The minimum absolute atomic E-state index is 0.108. The van der Waals surface area contributed by atoms with Crippen LogP contribution >= 0.6 is 0 Å². The van der Waals surface area contributed by atoms with Crippen LogP contribution in [0.2, 0.25) is 0 Å². The number of hydrogen-bond acceptors (Lipinski definition) is 3. The molecule has 0 aliphatic rings. The van der Waals surface area contributed by atoms with Crippen molar-refractivity contribution in [2.45, 2.75) is 13.8 Å². The lowest BCUT2D eigenvalue weighted by molar-refractivity contribution is -0.126. The van der Waals surface area contributed by atoms with Gasteiger partial charge in [0.05, 0.1) is 7.11 Å². The van der Waals surface area contributed by atoms with Gasteiger partial charge >= 0.3 is 0 Å². The van der Waals surface area contributed by atoms with E-state index in [-0.39, 0.29) is 5.78 Å². The highest BCUT2D eigenvalue weighted by Gasteiger charge is 2.06. The summed E-state index contributed by atoms with van der Waals surface area (Å²) < 4.78 is 3.86. The zero-order valence-electron chi connectivity index (χ0n) is 10.1. The van der Waals surface area contributed by atoms with Gasteiger partial charge in [-0.25, -0.2) is 0 Å². The van der Waals surface area contributed by atoms with Gasteiger partial charge in [-0.2, -0.15) is 0 Å². The van der Waals surface area contributed by atoms with Crippen LogP contribution in [0.4, 0.5) is 0 Å². The Labute approximate surface area is 99.6 Å². The number of nitrogens with one attached hydrogen (secondary N) is 1. The fourth-order valence-corrected chi connectivity index (χ4v) is 1.53. The van der Waals surface area contributed by atoms with Gasteiger partial charge in [-0.05, 0) is 26.0 Å². The summed E-state index contributed by atoms with van der Waals surface area (Å²) in [5.41, 5.74) is 2.98. The van der Waals surface area contributed by atoms with Gasteiger partial charge in [0.1, 0.15) is 0 Å². The third-order valence-corrected chi connectivity index (χ3v) is 2.31. The number of benzene rings is 1. The van der Waals surface area contributed by atoms with Crippen LogP contribution in [-0.4, -0.2) is 24.3 Å². The zero-order chi connectivity index (χ0) is 12.8. The average Bonchev–Trinajstić information content (AvgIpc) is 2.72. The highest BCUT2D eigenvalue weighted by Crippen LogP contribution is 2.19. The third kappa shape index (κ3) is 3.17. The Kier molecular flexibility index (Phi) is 4.46. The first-order valence-electron chi connectivity index (χ1n) is 5.15. The number of Topliss-reactive ketones (excluding diaryl/α,β-unsaturated/α-hetero) is 1. The quantitative estimate of drug-likeness (QED) is 0.640. The number of carbonyl (C=O) groups is 2. The summed E-state index contributed by atoms with van der Waals surface area (Å²) in [5.74, 6) is 0.108. The molecule has 1 aromatic heterocycles. The summed E-state index contributed by atoms with van der Waals surface area (Å²) >= 11 is 0. The highest BCUT2D eigenvalue weighted by molar-refractivity contribution is 6.06. The first kappa shape index (κ1) is 13.0. The summed E-state index contributed by atoms with van der Waals surface area (Å²) in [6, 6.07) is 6.06. The number of carbonyl (C=O) groups excluding carboxylic acids is 2. The molecule has 0 spiro atoms. The normalized spacial score (nSPS) is 9.35. The Morgan fingerprint density at radius 2 is 2.06 bits per heavy atom. The van der Waals surface area contributed by atoms with Gasteiger partial charge in [0.2, 0.25) is 0 Å². The Bertz CT molecular complexity index is 528. The molecule has 1 aromatic carbocycles. The lowest BCUT2D eigenvalue weighted by atomic mass is 10.1. The maximum absolute atomic E-state index is 11.2. The van der Waals surface area contributed by atoms with E-state index >= 15 is 0 Å². The van der Waals surface area contributed by atoms with E-state index in [1.165, 1.54) is 12.7 Å². The molecule has 0 bridgehead atoms. The van der Waals surface area contributed by atoms with Crippen LogP contribution < -0.4 is 0 Å². The second-order valence-electron chi connectivity index (χ2n) is 3.64. The van der Waals surface area contributed by atoms with Crippen molar-refractivity contribution in [3.8, 4) is 0 Å². The zero-order valence-corrected chi connectivity index (χ0v) is 10.1. The van der Waals surface area contributed by atoms with Crippen LogP contribution in [0.3, 0.4) is 0 Å². The molecule has 2 rings (SSSR count). The molecular formula is C13H15NO3. The van der Waals surface area contributed by atoms with Crippen molar-refractivity contribution < 1.29 is 14.3 Å². The molecule has 4 heteroatoms. The van der Waals surface area contributed by atoms with E-state index in [4.69, 9.17) is 4.79 Å². The van der Waals surface area contributed by atoms with Gasteiger partial charge < -0.3 is 9.72 Å². The first-order valence-corrected chi connectivity index (χ1v) is 5.15. The SMILES string of the molecule is CC(=O)c1c[nH]c2ccc(C)cc12.COC=O. The van der Waals surface area contributed by atoms with E-state index in [0.29, 0.717) is 6.47 Å². The molecule has 0 aliphatic heterocycles. The molecular weight excluding hydrogens is 218 g/mol. The molecule has 0 saturated heterocycles. The predicted octanol–water partition coefficient (Wildman–Crippen LogP) is 2.47. The molecule has 0 fully saturated rings. The Balaban J connectivity index is 0.000000317. The van der Waals surface area contributed by atoms with Gasteiger partial charge in [0.15, 0.2) is 5.78 Å². The van der Waals surface area contributed by atoms with Crippen LogP contribution in [0.1, 0.15) is 22.8 Å². The van der Waals surface area contributed by atoms with Crippen molar-refractivity contribution in [1.29, 1.82) is 0 Å². The van der Waals surface area contributed by atoms with Crippen molar-refractivity contribution in [2.75, 3.05) is 7.11 Å². The minimum Gasteiger partial charge on any atom is -0.471 e. The molecule has 17 heavy (non-hydrogen) atoms. The maximum atomic E-state index is 11.2. The number of aromatic nitrogens is 1. The standard InChI is InChI=1S/C11H11NO.C2H4O2/c1-7-3-4-11-9(5-7)10(6-12-11)8(2)13;1-4-2-3/h3-6,12H,1-2H3;2H,1H3. The van der Waals surface area contributed by atoms with E-state index in [1.807, 2.05) is 25.1 Å². The van der Waals surface area contributed by atoms with Crippen molar-refractivity contribution in [2.24, 2.45) is 0 Å². The van der Waals surface area contributed by atoms with Crippen LogP contribution in [-0.2, 0) is 9.53 Å². The van der Waals surface area contributed by atoms with E-state index in [0.717, 1.165) is 16.5 Å². The molecule has 0 atom stereocenters. The number of H-pyrrole nitrogens is 1. The molecule has 0 radical (unpaired) electrons. The summed E-state index contributed by atoms with van der Waals surface area (Å²) in [6.45, 7) is 3.99. The number of methoxy groups -OCH3 is 1. The van der Waals surface area contributed by atoms with Gasteiger partial charge in [-0.15, -0.1) is 0 Å². The van der Waals surface area contributed by atoms with Crippen molar-refractivity contribution in [1.82, 2.24) is 4.98 Å². The molecule has 90 valence electrons. The number of aromatic amines is 1. The van der Waals surface area contributed by atoms with Crippen molar-refractivity contribution >= 4 is 23.2 Å². The molecule has 1 heterocycles. The Morgan fingerprint density at radius 3 is 2.59 bits per heavy atom. The fraction of sp³-hybridized carbons (Fsp3) is 0.231. The van der Waals surface area contributed by atoms with Crippen LogP contribution in [0.15, 0.2) is 24.4 Å². The Morgan fingerprint density at radius 1 is 1.41 bits per heavy atom. The lowest BCUT2D eigenvalue weighted by Gasteiger charge is -1.94. The summed E-state index contributed by atoms with van der Waals surface area (Å²) in [7, 11) is 1.31. The largest absolute Gasteiger partial charge is 0.471 e. The van der Waals surface area contributed by atoms with E-state index < -0.39 is 0 Å². The predicted molar refractivity (Wildman–Crippen MR) is 66.1 cm³/mol. The van der Waals surface area contributed by atoms with Crippen LogP contribution in [0.25, 0.3) is 10.9 Å². The van der Waals surface area contributed by atoms with E-state index in [1.54, 1.807) is 13.1 Å². The molecule has 0 unspecified atom stereocenters. The summed E-state index contributed by atoms with van der Waals surface area (Å²) in [5, 5.41) is 1.02. The van der Waals surface area contributed by atoms with Crippen LogP contribution in [0, 0.1) is 6.92 Å². The van der Waals surface area contributed by atoms with Gasteiger partial charge in [-0.1, -0.05) is 11.6 Å². The second-order valence-corrected chi connectivity index (χ2v) is 3.64. The maximum Gasteiger partial charge on any atom is 0.292 e. The highest BCUT2D eigenvalue weighted by atomic mass is 16.5. The van der Waals surface area contributed by atoms with Crippen LogP contribution in [0.5, 0.6) is 0 Å². The average molecular weight is 233 g/mol. The topological polar surface area (TPSA) is 59.2 Å². The molecule has 0 amide bonds. The first-order chi connectivity index (χ1) is 8.10. The van der Waals surface area contributed by atoms with E-state index in [2.05, 4.69) is 9.72 Å². The number of ether oxygens (including phenoxy) is 1. The third-order valence-electron chi connectivity index (χ3n) is 2.31. The number of rotatable bonds is 2. The summed E-state index contributed by atoms with van der Waals surface area (Å²) in [6.07, 6.45) is 1.77. The molecule has 0 aliphatic carbocycles. The molecule has 1 N–H and O–H groups in total. The minimum atomic E-state index is 0.108. The van der Waals surface area contributed by atoms with Crippen molar-refractivity contribution in [3.63, 3.8) is 0 Å². The number of hydrogen-bond donors (Lipinski definition) is 1. The van der Waals surface area contributed by atoms with Gasteiger partial charge in [0, 0.05) is 22.7 Å². The molecule has 2 aromatic rings. The number of ketones is 1. The molecule has 4 nitrogen and oxygen atoms in total. The van der Waals surface area contributed by atoms with Gasteiger partial charge in [-0.3, -0.25) is 9.59 Å². The Hall–Kier alpha value is -2.10. The lowest BCUT2D eigenvalue weighted by Crippen LogP contribution is -1.88. The molecule has 0 saturated carbocycles. The second kappa shape index (κ2) is 5.84. The van der Waals surface area contributed by atoms with E-state index in [9.17, 15) is 4.79 Å². The van der Waals surface area contributed by atoms with Crippen molar-refractivity contribution in [3.05, 3.63) is 35.5 Å². The smallest absolute Gasteiger partial charge is 0.292 e. The number of fused-ring (bicyclic) bond motifs is 1. The number of aryl methyl sites for hydroxylation is 1. The van der Waals surface area contributed by atoms with Gasteiger partial charge in [0.25, 0.3) is 6.47 Å². The monoisotopic (exact) mass is 233 g/mol. The summed E-state index contributed by atoms with van der Waals surface area (Å²) in [4.78, 5) is 23.2. The fourth-order valence-electron chi connectivity index (χ4n) is 1.53.